The summed E-state index contributed by atoms with van der Waals surface area (Å²) in [6.07, 6.45) is 1.36. The van der Waals surface area contributed by atoms with Gasteiger partial charge in [0.25, 0.3) is 0 Å². The van der Waals surface area contributed by atoms with E-state index >= 15 is 0 Å². The van der Waals surface area contributed by atoms with Gasteiger partial charge in [-0.3, -0.25) is 9.80 Å². The summed E-state index contributed by atoms with van der Waals surface area (Å²) in [6, 6.07) is 2.35. The van der Waals surface area contributed by atoms with E-state index in [9.17, 15) is 0 Å². The number of hydrogen-bond acceptors (Lipinski definition) is 3. The van der Waals surface area contributed by atoms with Gasteiger partial charge in [-0.1, -0.05) is 6.92 Å². The highest BCUT2D eigenvalue weighted by atomic mass is 15.3. The summed E-state index contributed by atoms with van der Waals surface area (Å²) < 4.78 is 0. The molecule has 0 aromatic heterocycles. The number of piperazine rings is 1. The molecule has 0 aromatic rings. The van der Waals surface area contributed by atoms with E-state index in [0.29, 0.717) is 0 Å². The second-order valence-corrected chi connectivity index (χ2v) is 5.66. The van der Waals surface area contributed by atoms with Gasteiger partial charge >= 0.3 is 0 Å². The van der Waals surface area contributed by atoms with Gasteiger partial charge in [0.15, 0.2) is 0 Å². The molecule has 4 atom stereocenters. The zero-order valence-corrected chi connectivity index (χ0v) is 11.3. The third-order valence-electron chi connectivity index (χ3n) is 4.39. The monoisotopic (exact) mass is 225 g/mol. The Morgan fingerprint density at radius 1 is 1.00 bits per heavy atom. The number of likely N-dealkylation sites (N-methyl/N-ethyl adjacent to an activating group) is 2. The van der Waals surface area contributed by atoms with Gasteiger partial charge in [-0.2, -0.15) is 0 Å². The molecule has 2 aliphatic rings. The Morgan fingerprint density at radius 2 is 1.56 bits per heavy atom. The van der Waals surface area contributed by atoms with Gasteiger partial charge in [0.05, 0.1) is 0 Å². The molecular weight excluding hydrogens is 198 g/mol. The van der Waals surface area contributed by atoms with Crippen molar-refractivity contribution in [3.8, 4) is 0 Å². The average Bonchev–Trinajstić information content (AvgIpc) is 2.95. The highest BCUT2D eigenvalue weighted by Crippen LogP contribution is 2.20. The maximum Gasteiger partial charge on any atom is 0.0232 e. The van der Waals surface area contributed by atoms with E-state index in [1.54, 1.807) is 0 Å². The molecule has 16 heavy (non-hydrogen) atoms. The summed E-state index contributed by atoms with van der Waals surface area (Å²) in [7, 11) is 2.23. The first-order valence-electron chi connectivity index (χ1n) is 6.80. The molecule has 2 fully saturated rings. The van der Waals surface area contributed by atoms with Crippen LogP contribution >= 0.6 is 0 Å². The van der Waals surface area contributed by atoms with E-state index in [1.807, 2.05) is 0 Å². The normalized spacial score (nSPS) is 41.2. The topological polar surface area (TPSA) is 9.49 Å². The van der Waals surface area contributed by atoms with Crippen molar-refractivity contribution in [2.24, 2.45) is 0 Å². The average molecular weight is 225 g/mol. The van der Waals surface area contributed by atoms with Crippen molar-refractivity contribution in [3.63, 3.8) is 0 Å². The van der Waals surface area contributed by atoms with Crippen LogP contribution in [0.3, 0.4) is 0 Å². The Morgan fingerprint density at radius 3 is 2.12 bits per heavy atom. The highest BCUT2D eigenvalue weighted by molar-refractivity contribution is 4.89. The molecule has 0 N–H and O–H groups in total. The fourth-order valence-corrected chi connectivity index (χ4v) is 2.93. The molecule has 0 amide bonds. The van der Waals surface area contributed by atoms with Crippen LogP contribution in [0.5, 0.6) is 0 Å². The zero-order valence-electron chi connectivity index (χ0n) is 11.3. The van der Waals surface area contributed by atoms with Gasteiger partial charge in [-0.25, -0.2) is 0 Å². The summed E-state index contributed by atoms with van der Waals surface area (Å²) in [5, 5.41) is 0. The van der Waals surface area contributed by atoms with Crippen LogP contribution in [0.15, 0.2) is 0 Å². The minimum atomic E-state index is 0.734. The fraction of sp³-hybridized carbons (Fsp3) is 1.00. The van der Waals surface area contributed by atoms with Crippen LogP contribution in [0.25, 0.3) is 0 Å². The predicted octanol–water partition coefficient (Wildman–Crippen LogP) is 1.10. The predicted molar refractivity (Wildman–Crippen MR) is 68.8 cm³/mol. The van der Waals surface area contributed by atoms with E-state index in [-0.39, 0.29) is 0 Å². The second kappa shape index (κ2) is 5.03. The summed E-state index contributed by atoms with van der Waals surface area (Å²) in [5.74, 6) is 0. The first kappa shape index (κ1) is 12.3. The van der Waals surface area contributed by atoms with Crippen LogP contribution in [-0.2, 0) is 0 Å². The lowest BCUT2D eigenvalue weighted by atomic mass is 10.1. The van der Waals surface area contributed by atoms with Crippen LogP contribution in [0.1, 0.15) is 27.2 Å². The smallest absolute Gasteiger partial charge is 0.0232 e. The molecule has 94 valence electrons. The molecule has 0 saturated carbocycles. The van der Waals surface area contributed by atoms with Gasteiger partial charge in [0, 0.05) is 44.3 Å². The van der Waals surface area contributed by atoms with Crippen LogP contribution in [0.2, 0.25) is 0 Å². The van der Waals surface area contributed by atoms with E-state index < -0.39 is 0 Å². The first-order chi connectivity index (χ1) is 7.61. The van der Waals surface area contributed by atoms with Gasteiger partial charge in [-0.15, -0.1) is 0 Å². The Labute approximate surface area is 100 Å². The van der Waals surface area contributed by atoms with Crippen LogP contribution in [0, 0.1) is 0 Å². The molecule has 2 rings (SSSR count). The molecule has 0 radical (unpaired) electrons. The largest absolute Gasteiger partial charge is 0.301 e. The molecule has 2 unspecified atom stereocenters. The third-order valence-corrected chi connectivity index (χ3v) is 4.39. The van der Waals surface area contributed by atoms with Gasteiger partial charge < -0.3 is 4.90 Å². The molecule has 2 aliphatic heterocycles. The fourth-order valence-electron chi connectivity index (χ4n) is 2.93. The Balaban J connectivity index is 1.76. The molecular formula is C13H27N3. The lowest BCUT2D eigenvalue weighted by molar-refractivity contribution is 0.0452. The molecule has 0 aromatic carbocycles. The summed E-state index contributed by atoms with van der Waals surface area (Å²) >= 11 is 0. The summed E-state index contributed by atoms with van der Waals surface area (Å²) in [6.45, 7) is 13.3. The zero-order chi connectivity index (χ0) is 11.7. The number of hydrogen-bond donors (Lipinski definition) is 0. The maximum atomic E-state index is 2.68. The minimum Gasteiger partial charge on any atom is -0.301 e. The van der Waals surface area contributed by atoms with Gasteiger partial charge in [0.1, 0.15) is 0 Å². The van der Waals surface area contributed by atoms with Crippen molar-refractivity contribution in [1.82, 2.24) is 14.7 Å². The SMILES string of the molecule is CCN1C[C@H](C)N(CCC2CN2C)C[C@H]1C. The van der Waals surface area contributed by atoms with Crippen molar-refractivity contribution in [2.45, 2.75) is 45.3 Å². The quantitative estimate of drug-likeness (QED) is 0.663. The standard InChI is InChI=1S/C13H27N3/c1-5-15-8-12(3)16(9-11(15)2)7-6-13-10-14(13)4/h11-13H,5-10H2,1-4H3/t11-,12+,13?,14?/m1/s1. The Hall–Kier alpha value is -0.120. The van der Waals surface area contributed by atoms with Crippen molar-refractivity contribution in [3.05, 3.63) is 0 Å². The van der Waals surface area contributed by atoms with Crippen LogP contribution in [-0.4, -0.2) is 72.6 Å². The van der Waals surface area contributed by atoms with Crippen molar-refractivity contribution < 1.29 is 0 Å². The van der Waals surface area contributed by atoms with E-state index in [4.69, 9.17) is 0 Å². The lowest BCUT2D eigenvalue weighted by Crippen LogP contribution is -2.56. The summed E-state index contributed by atoms with van der Waals surface area (Å²) in [5.41, 5.74) is 0. The summed E-state index contributed by atoms with van der Waals surface area (Å²) in [4.78, 5) is 7.73. The molecule has 0 spiro atoms. The van der Waals surface area contributed by atoms with Gasteiger partial charge in [0.2, 0.25) is 0 Å². The minimum absolute atomic E-state index is 0.734. The third kappa shape index (κ3) is 2.76. The molecule has 3 nitrogen and oxygen atoms in total. The highest BCUT2D eigenvalue weighted by Gasteiger charge is 2.32. The maximum absolute atomic E-state index is 2.68. The van der Waals surface area contributed by atoms with E-state index in [2.05, 4.69) is 42.5 Å². The molecule has 2 saturated heterocycles. The Kier molecular flexibility index (Phi) is 3.88. The van der Waals surface area contributed by atoms with Crippen molar-refractivity contribution in [2.75, 3.05) is 39.8 Å². The molecule has 0 bridgehead atoms. The van der Waals surface area contributed by atoms with E-state index in [1.165, 1.54) is 39.1 Å². The number of rotatable bonds is 4. The van der Waals surface area contributed by atoms with Gasteiger partial charge in [-0.05, 0) is 33.9 Å². The van der Waals surface area contributed by atoms with Crippen molar-refractivity contribution in [1.29, 1.82) is 0 Å². The Bertz CT molecular complexity index is 231. The molecule has 0 aliphatic carbocycles. The van der Waals surface area contributed by atoms with E-state index in [0.717, 1.165) is 18.1 Å². The second-order valence-electron chi connectivity index (χ2n) is 5.66. The van der Waals surface area contributed by atoms with Crippen LogP contribution < -0.4 is 0 Å². The lowest BCUT2D eigenvalue weighted by Gasteiger charge is -2.43. The number of nitrogens with zero attached hydrogens (tertiary/aromatic N) is 3. The molecule has 2 heterocycles. The molecule has 3 heteroatoms. The first-order valence-corrected chi connectivity index (χ1v) is 6.80. The van der Waals surface area contributed by atoms with Crippen molar-refractivity contribution >= 4 is 0 Å². The van der Waals surface area contributed by atoms with Crippen LogP contribution in [0.4, 0.5) is 0 Å².